The van der Waals surface area contributed by atoms with E-state index in [1.807, 2.05) is 6.92 Å². The van der Waals surface area contributed by atoms with E-state index in [4.69, 9.17) is 14.2 Å². The summed E-state index contributed by atoms with van der Waals surface area (Å²) in [4.78, 5) is 34.7. The number of nitrogens with one attached hydrogen (secondary N) is 2. The molecular formula is C26H26N4O7. The van der Waals surface area contributed by atoms with E-state index in [1.54, 1.807) is 54.6 Å². The number of methoxy groups -OCH3 is 1. The minimum atomic E-state index is -0.507. The van der Waals surface area contributed by atoms with Crippen LogP contribution in [0.1, 0.15) is 28.4 Å². The van der Waals surface area contributed by atoms with E-state index in [1.165, 1.54) is 25.5 Å². The van der Waals surface area contributed by atoms with Gasteiger partial charge in [0.15, 0.2) is 11.5 Å². The van der Waals surface area contributed by atoms with Gasteiger partial charge >= 0.3 is 0 Å². The molecular weight excluding hydrogens is 480 g/mol. The van der Waals surface area contributed by atoms with Crippen molar-refractivity contribution in [3.63, 3.8) is 0 Å². The first-order chi connectivity index (χ1) is 17.9. The molecule has 11 nitrogen and oxygen atoms in total. The fraction of sp³-hybridized carbons (Fsp3) is 0.192. The van der Waals surface area contributed by atoms with Crippen molar-refractivity contribution in [3.05, 3.63) is 93.5 Å². The quantitative estimate of drug-likeness (QED) is 0.218. The second-order valence-electron chi connectivity index (χ2n) is 7.53. The molecule has 3 aromatic carbocycles. The van der Waals surface area contributed by atoms with Gasteiger partial charge in [-0.25, -0.2) is 5.43 Å². The number of nitro benzene ring substituents is 1. The van der Waals surface area contributed by atoms with Gasteiger partial charge in [0.05, 0.1) is 37.0 Å². The summed E-state index contributed by atoms with van der Waals surface area (Å²) < 4.78 is 16.6. The average Bonchev–Trinajstić information content (AvgIpc) is 2.91. The number of hydrogen-bond acceptors (Lipinski definition) is 8. The maximum atomic E-state index is 12.3. The van der Waals surface area contributed by atoms with Gasteiger partial charge in [0.25, 0.3) is 17.5 Å². The minimum absolute atomic E-state index is 0.00768. The molecule has 0 aliphatic carbocycles. The molecule has 11 heteroatoms. The Balaban J connectivity index is 1.54. The average molecular weight is 507 g/mol. The zero-order chi connectivity index (χ0) is 26.6. The number of hydrazone groups is 1. The number of hydrogen-bond donors (Lipinski definition) is 2. The third-order valence-corrected chi connectivity index (χ3v) is 4.97. The summed E-state index contributed by atoms with van der Waals surface area (Å²) in [5, 5.41) is 17.2. The maximum absolute atomic E-state index is 12.3. The number of rotatable bonds is 12. The summed E-state index contributed by atoms with van der Waals surface area (Å²) in [5.74, 6) is 0.419. The molecule has 0 aliphatic rings. The molecule has 0 unspecified atom stereocenters. The Bertz CT molecular complexity index is 1280. The molecule has 0 aliphatic heterocycles. The topological polar surface area (TPSA) is 141 Å². The Morgan fingerprint density at radius 2 is 1.76 bits per heavy atom. The SMILES string of the molecule is CCOc1cc(C=NNC(=O)CNC(=O)c2ccccc2OC)ccc1OCc1ccc([N+](=O)[O-])cc1. The highest BCUT2D eigenvalue weighted by molar-refractivity contribution is 5.98. The number of nitro groups is 1. The molecule has 0 saturated heterocycles. The molecule has 37 heavy (non-hydrogen) atoms. The van der Waals surface area contributed by atoms with Crippen molar-refractivity contribution >= 4 is 23.7 Å². The first-order valence-corrected chi connectivity index (χ1v) is 11.3. The maximum Gasteiger partial charge on any atom is 0.269 e. The summed E-state index contributed by atoms with van der Waals surface area (Å²) in [7, 11) is 1.46. The Hall–Kier alpha value is -4.93. The number of ether oxygens (including phenoxy) is 3. The molecule has 0 fully saturated rings. The Morgan fingerprint density at radius 3 is 2.46 bits per heavy atom. The zero-order valence-corrected chi connectivity index (χ0v) is 20.3. The number of benzene rings is 3. The summed E-state index contributed by atoms with van der Waals surface area (Å²) in [6.45, 7) is 2.16. The van der Waals surface area contributed by atoms with E-state index in [0.29, 0.717) is 35.0 Å². The first kappa shape index (κ1) is 26.7. The van der Waals surface area contributed by atoms with Crippen LogP contribution in [0.3, 0.4) is 0 Å². The lowest BCUT2D eigenvalue weighted by Crippen LogP contribution is -2.35. The van der Waals surface area contributed by atoms with Crippen molar-refractivity contribution in [2.24, 2.45) is 5.10 Å². The first-order valence-electron chi connectivity index (χ1n) is 11.3. The van der Waals surface area contributed by atoms with Gasteiger partial charge in [-0.2, -0.15) is 5.10 Å². The highest BCUT2D eigenvalue weighted by Gasteiger charge is 2.12. The number of para-hydroxylation sites is 1. The van der Waals surface area contributed by atoms with Gasteiger partial charge in [-0.1, -0.05) is 12.1 Å². The second-order valence-corrected chi connectivity index (χ2v) is 7.53. The van der Waals surface area contributed by atoms with Crippen molar-refractivity contribution in [1.29, 1.82) is 0 Å². The number of carbonyl (C=O) groups excluding carboxylic acids is 2. The summed E-state index contributed by atoms with van der Waals surface area (Å²) >= 11 is 0. The Labute approximate surface area is 213 Å². The summed E-state index contributed by atoms with van der Waals surface area (Å²) in [5.41, 5.74) is 4.09. The molecule has 0 heterocycles. The van der Waals surface area contributed by atoms with Crippen LogP contribution in [0.25, 0.3) is 0 Å². The summed E-state index contributed by atoms with van der Waals surface area (Å²) in [6.07, 6.45) is 1.43. The van der Waals surface area contributed by atoms with Crippen LogP contribution in [0, 0.1) is 10.1 Å². The van der Waals surface area contributed by atoms with Gasteiger partial charge in [-0.3, -0.25) is 19.7 Å². The van der Waals surface area contributed by atoms with Crippen LogP contribution in [0.2, 0.25) is 0 Å². The van der Waals surface area contributed by atoms with E-state index in [0.717, 1.165) is 5.56 Å². The number of carbonyl (C=O) groups is 2. The molecule has 2 amide bonds. The lowest BCUT2D eigenvalue weighted by atomic mass is 10.2. The van der Waals surface area contributed by atoms with Gasteiger partial charge in [0.1, 0.15) is 12.4 Å². The molecule has 0 spiro atoms. The van der Waals surface area contributed by atoms with Gasteiger partial charge < -0.3 is 19.5 Å². The lowest BCUT2D eigenvalue weighted by Gasteiger charge is -2.12. The van der Waals surface area contributed by atoms with E-state index in [9.17, 15) is 19.7 Å². The molecule has 0 aromatic heterocycles. The van der Waals surface area contributed by atoms with E-state index >= 15 is 0 Å². The zero-order valence-electron chi connectivity index (χ0n) is 20.3. The highest BCUT2D eigenvalue weighted by atomic mass is 16.6. The highest BCUT2D eigenvalue weighted by Crippen LogP contribution is 2.29. The van der Waals surface area contributed by atoms with Crippen LogP contribution in [0.15, 0.2) is 71.8 Å². The fourth-order valence-corrected chi connectivity index (χ4v) is 3.17. The molecule has 2 N–H and O–H groups in total. The van der Waals surface area contributed by atoms with Crippen molar-refractivity contribution in [2.75, 3.05) is 20.3 Å². The van der Waals surface area contributed by atoms with Gasteiger partial charge in [-0.05, 0) is 60.5 Å². The van der Waals surface area contributed by atoms with Crippen molar-refractivity contribution in [3.8, 4) is 17.2 Å². The third kappa shape index (κ3) is 7.79. The van der Waals surface area contributed by atoms with Crippen molar-refractivity contribution < 1.29 is 28.7 Å². The van der Waals surface area contributed by atoms with Crippen molar-refractivity contribution in [1.82, 2.24) is 10.7 Å². The largest absolute Gasteiger partial charge is 0.496 e. The van der Waals surface area contributed by atoms with Crippen LogP contribution >= 0.6 is 0 Å². The van der Waals surface area contributed by atoms with E-state index in [2.05, 4.69) is 15.8 Å². The molecule has 192 valence electrons. The smallest absolute Gasteiger partial charge is 0.269 e. The monoisotopic (exact) mass is 506 g/mol. The summed E-state index contributed by atoms with van der Waals surface area (Å²) in [6, 6.07) is 17.9. The Morgan fingerprint density at radius 1 is 1.00 bits per heavy atom. The van der Waals surface area contributed by atoms with E-state index in [-0.39, 0.29) is 18.8 Å². The molecule has 0 bridgehead atoms. The minimum Gasteiger partial charge on any atom is -0.496 e. The van der Waals surface area contributed by atoms with Crippen molar-refractivity contribution in [2.45, 2.75) is 13.5 Å². The standard InChI is InChI=1S/C26H26N4O7/c1-3-36-24-14-19(10-13-23(24)37-17-18-8-11-20(12-9-18)30(33)34)15-28-29-25(31)16-27-26(32)21-6-4-5-7-22(21)35-2/h4-15H,3,16-17H2,1-2H3,(H,27,32)(H,29,31). The van der Waals surface area contributed by atoms with Crippen LogP contribution < -0.4 is 25.0 Å². The van der Waals surface area contributed by atoms with Crippen LogP contribution in [-0.4, -0.2) is 43.2 Å². The molecule has 0 saturated carbocycles. The predicted octanol–water partition coefficient (Wildman–Crippen LogP) is 3.46. The van der Waals surface area contributed by atoms with Crippen LogP contribution in [0.4, 0.5) is 5.69 Å². The number of nitrogens with zero attached hydrogens (tertiary/aromatic N) is 2. The molecule has 3 aromatic rings. The molecule has 0 radical (unpaired) electrons. The van der Waals surface area contributed by atoms with Crippen LogP contribution in [0.5, 0.6) is 17.2 Å². The molecule has 0 atom stereocenters. The van der Waals surface area contributed by atoms with Crippen LogP contribution in [-0.2, 0) is 11.4 Å². The fourth-order valence-electron chi connectivity index (χ4n) is 3.17. The predicted molar refractivity (Wildman–Crippen MR) is 136 cm³/mol. The van der Waals surface area contributed by atoms with Gasteiger partial charge in [0, 0.05) is 12.1 Å². The van der Waals surface area contributed by atoms with E-state index < -0.39 is 16.7 Å². The molecule has 3 rings (SSSR count). The Kier molecular flexibility index (Phi) is 9.54. The van der Waals surface area contributed by atoms with Gasteiger partial charge in [-0.15, -0.1) is 0 Å². The van der Waals surface area contributed by atoms with Gasteiger partial charge in [0.2, 0.25) is 0 Å². The number of non-ortho nitro benzene ring substituents is 1. The number of amides is 2. The normalized spacial score (nSPS) is 10.5. The third-order valence-electron chi connectivity index (χ3n) is 4.97. The lowest BCUT2D eigenvalue weighted by molar-refractivity contribution is -0.384. The second kappa shape index (κ2) is 13.2.